The lowest BCUT2D eigenvalue weighted by atomic mass is 10.1. The van der Waals surface area contributed by atoms with Gasteiger partial charge in [-0.15, -0.1) is 0 Å². The van der Waals surface area contributed by atoms with Crippen LogP contribution in [0.1, 0.15) is 16.8 Å². The molecule has 2 heterocycles. The number of nitriles is 1. The molecule has 104 valence electrons. The SMILES string of the molecule is Cc1cc(C)c(C#N)c(N2CC(=O)Nc3ccccc32)n1. The zero-order valence-electron chi connectivity index (χ0n) is 11.8. The fourth-order valence-electron chi connectivity index (χ4n) is 2.57. The first-order chi connectivity index (χ1) is 10.1. The average molecular weight is 278 g/mol. The summed E-state index contributed by atoms with van der Waals surface area (Å²) in [5.74, 6) is 0.427. The molecule has 0 bridgehead atoms. The molecule has 0 saturated carbocycles. The molecule has 0 spiro atoms. The summed E-state index contributed by atoms with van der Waals surface area (Å²) in [4.78, 5) is 18.2. The summed E-state index contributed by atoms with van der Waals surface area (Å²) in [6, 6.07) is 11.6. The minimum atomic E-state index is -0.112. The number of nitrogens with one attached hydrogen (secondary N) is 1. The van der Waals surface area contributed by atoms with Crippen LogP contribution in [0.25, 0.3) is 0 Å². The summed E-state index contributed by atoms with van der Waals surface area (Å²) < 4.78 is 0. The normalized spacial score (nSPS) is 13.4. The van der Waals surface area contributed by atoms with Crippen LogP contribution in [0.15, 0.2) is 30.3 Å². The fourth-order valence-corrected chi connectivity index (χ4v) is 2.57. The largest absolute Gasteiger partial charge is 0.323 e. The molecule has 3 rings (SSSR count). The van der Waals surface area contributed by atoms with Crippen LogP contribution in [-0.4, -0.2) is 17.4 Å². The first-order valence-corrected chi connectivity index (χ1v) is 6.65. The van der Waals surface area contributed by atoms with Crippen LogP contribution in [0.3, 0.4) is 0 Å². The number of pyridine rings is 1. The van der Waals surface area contributed by atoms with E-state index in [9.17, 15) is 10.1 Å². The van der Waals surface area contributed by atoms with Crippen molar-refractivity contribution in [1.82, 2.24) is 4.98 Å². The van der Waals surface area contributed by atoms with Crippen molar-refractivity contribution in [3.63, 3.8) is 0 Å². The molecule has 1 aromatic carbocycles. The van der Waals surface area contributed by atoms with E-state index in [2.05, 4.69) is 16.4 Å². The molecule has 0 atom stereocenters. The molecule has 2 aromatic rings. The number of rotatable bonds is 1. The summed E-state index contributed by atoms with van der Waals surface area (Å²) >= 11 is 0. The molecule has 1 amide bonds. The third-order valence-corrected chi connectivity index (χ3v) is 3.46. The van der Waals surface area contributed by atoms with Crippen molar-refractivity contribution in [2.24, 2.45) is 0 Å². The zero-order chi connectivity index (χ0) is 15.0. The Morgan fingerprint density at radius 2 is 2.10 bits per heavy atom. The number of hydrogen-bond acceptors (Lipinski definition) is 4. The van der Waals surface area contributed by atoms with Crippen molar-refractivity contribution in [3.05, 3.63) is 47.2 Å². The highest BCUT2D eigenvalue weighted by molar-refractivity contribution is 6.03. The predicted molar refractivity (Wildman–Crippen MR) is 80.5 cm³/mol. The number of hydrogen-bond donors (Lipinski definition) is 1. The van der Waals surface area contributed by atoms with Crippen molar-refractivity contribution in [1.29, 1.82) is 5.26 Å². The zero-order valence-corrected chi connectivity index (χ0v) is 11.8. The fraction of sp³-hybridized carbons (Fsp3) is 0.188. The van der Waals surface area contributed by atoms with Crippen LogP contribution in [-0.2, 0) is 4.79 Å². The number of carbonyl (C=O) groups is 1. The second-order valence-electron chi connectivity index (χ2n) is 5.04. The van der Waals surface area contributed by atoms with Crippen LogP contribution in [0.5, 0.6) is 0 Å². The Labute approximate surface area is 122 Å². The summed E-state index contributed by atoms with van der Waals surface area (Å²) in [5.41, 5.74) is 3.78. The highest BCUT2D eigenvalue weighted by Gasteiger charge is 2.26. The quantitative estimate of drug-likeness (QED) is 0.870. The number of carbonyl (C=O) groups excluding carboxylic acids is 1. The van der Waals surface area contributed by atoms with Gasteiger partial charge >= 0.3 is 0 Å². The molecular formula is C16H14N4O. The lowest BCUT2D eigenvalue weighted by Gasteiger charge is -2.31. The Balaban J connectivity index is 2.22. The van der Waals surface area contributed by atoms with Gasteiger partial charge < -0.3 is 10.2 Å². The van der Waals surface area contributed by atoms with E-state index in [4.69, 9.17) is 0 Å². The van der Waals surface area contributed by atoms with Crippen molar-refractivity contribution in [2.75, 3.05) is 16.8 Å². The van der Waals surface area contributed by atoms with Crippen LogP contribution in [0.2, 0.25) is 0 Å². The lowest BCUT2D eigenvalue weighted by Crippen LogP contribution is -2.36. The Bertz CT molecular complexity index is 776. The second-order valence-corrected chi connectivity index (χ2v) is 5.04. The molecule has 1 N–H and O–H groups in total. The number of fused-ring (bicyclic) bond motifs is 1. The maximum absolute atomic E-state index is 11.9. The highest BCUT2D eigenvalue weighted by atomic mass is 16.2. The van der Waals surface area contributed by atoms with Gasteiger partial charge in [-0.1, -0.05) is 12.1 Å². The van der Waals surface area contributed by atoms with Gasteiger partial charge in [0.1, 0.15) is 12.6 Å². The van der Waals surface area contributed by atoms with Crippen LogP contribution < -0.4 is 10.2 Å². The number of aryl methyl sites for hydroxylation is 2. The molecule has 0 fully saturated rings. The molecule has 0 saturated heterocycles. The van der Waals surface area contributed by atoms with Gasteiger partial charge in [-0.05, 0) is 37.6 Å². The average Bonchev–Trinajstić information content (AvgIpc) is 2.45. The summed E-state index contributed by atoms with van der Waals surface area (Å²) in [5, 5.41) is 12.3. The van der Waals surface area contributed by atoms with Crippen LogP contribution in [0, 0.1) is 25.2 Å². The molecular weight excluding hydrogens is 264 g/mol. The van der Waals surface area contributed by atoms with E-state index in [1.807, 2.05) is 44.2 Å². The minimum absolute atomic E-state index is 0.112. The van der Waals surface area contributed by atoms with Crippen molar-refractivity contribution >= 4 is 23.1 Å². The monoisotopic (exact) mass is 278 g/mol. The molecule has 0 radical (unpaired) electrons. The van der Waals surface area contributed by atoms with Gasteiger partial charge in [0.05, 0.1) is 16.9 Å². The van der Waals surface area contributed by atoms with Crippen molar-refractivity contribution in [2.45, 2.75) is 13.8 Å². The Morgan fingerprint density at radius 3 is 2.86 bits per heavy atom. The highest BCUT2D eigenvalue weighted by Crippen LogP contribution is 2.36. The second kappa shape index (κ2) is 4.91. The van der Waals surface area contributed by atoms with Gasteiger partial charge in [-0.3, -0.25) is 4.79 Å². The standard InChI is InChI=1S/C16H14N4O/c1-10-7-11(2)18-16(12(10)8-17)20-9-15(21)19-13-5-3-4-6-14(13)20/h3-7H,9H2,1-2H3,(H,19,21). The maximum Gasteiger partial charge on any atom is 0.244 e. The van der Waals surface area contributed by atoms with E-state index in [-0.39, 0.29) is 12.5 Å². The number of aromatic nitrogens is 1. The third kappa shape index (κ3) is 2.21. The van der Waals surface area contributed by atoms with E-state index < -0.39 is 0 Å². The molecule has 1 aromatic heterocycles. The van der Waals surface area contributed by atoms with E-state index in [1.54, 1.807) is 4.90 Å². The lowest BCUT2D eigenvalue weighted by molar-refractivity contribution is -0.115. The molecule has 5 heteroatoms. The predicted octanol–water partition coefficient (Wildman–Crippen LogP) is 2.66. The molecule has 1 aliphatic rings. The van der Waals surface area contributed by atoms with Crippen LogP contribution >= 0.6 is 0 Å². The number of para-hydroxylation sites is 2. The van der Waals surface area contributed by atoms with Gasteiger partial charge in [0.15, 0.2) is 5.82 Å². The topological polar surface area (TPSA) is 69.0 Å². The molecule has 21 heavy (non-hydrogen) atoms. The summed E-state index contributed by atoms with van der Waals surface area (Å²) in [6.45, 7) is 3.92. The van der Waals surface area contributed by atoms with Crippen molar-refractivity contribution < 1.29 is 4.79 Å². The molecule has 0 unspecified atom stereocenters. The third-order valence-electron chi connectivity index (χ3n) is 3.46. The maximum atomic E-state index is 11.9. The Hall–Kier alpha value is -2.87. The first kappa shape index (κ1) is 13.1. The van der Waals surface area contributed by atoms with Gasteiger partial charge in [0.25, 0.3) is 0 Å². The molecule has 0 aliphatic carbocycles. The van der Waals surface area contributed by atoms with E-state index in [0.717, 1.165) is 22.6 Å². The minimum Gasteiger partial charge on any atom is -0.323 e. The number of anilines is 3. The smallest absolute Gasteiger partial charge is 0.244 e. The van der Waals surface area contributed by atoms with Gasteiger partial charge in [0, 0.05) is 5.69 Å². The number of benzene rings is 1. The Morgan fingerprint density at radius 1 is 1.33 bits per heavy atom. The van der Waals surface area contributed by atoms with E-state index >= 15 is 0 Å². The van der Waals surface area contributed by atoms with Gasteiger partial charge in [-0.25, -0.2) is 4.98 Å². The first-order valence-electron chi connectivity index (χ1n) is 6.65. The summed E-state index contributed by atoms with van der Waals surface area (Å²) in [6.07, 6.45) is 0. The molecule has 1 aliphatic heterocycles. The molecule has 5 nitrogen and oxygen atoms in total. The van der Waals surface area contributed by atoms with Gasteiger partial charge in [-0.2, -0.15) is 5.26 Å². The number of amides is 1. The van der Waals surface area contributed by atoms with Crippen molar-refractivity contribution in [3.8, 4) is 6.07 Å². The van der Waals surface area contributed by atoms with Crippen LogP contribution in [0.4, 0.5) is 17.2 Å². The van der Waals surface area contributed by atoms with Gasteiger partial charge in [0.2, 0.25) is 5.91 Å². The van der Waals surface area contributed by atoms with E-state index in [1.165, 1.54) is 0 Å². The number of nitrogens with zero attached hydrogens (tertiary/aromatic N) is 3. The Kier molecular flexibility index (Phi) is 3.07. The summed E-state index contributed by atoms with van der Waals surface area (Å²) in [7, 11) is 0. The van der Waals surface area contributed by atoms with E-state index in [0.29, 0.717) is 11.4 Å².